The van der Waals surface area contributed by atoms with Crippen LogP contribution in [0.15, 0.2) is 58.5 Å². The molecular weight excluding hydrogens is 368 g/mol. The maximum absolute atomic E-state index is 13.2. The van der Waals surface area contributed by atoms with Crippen LogP contribution in [0.5, 0.6) is 5.75 Å². The van der Waals surface area contributed by atoms with Crippen molar-refractivity contribution in [3.8, 4) is 5.75 Å². The lowest BCUT2D eigenvalue weighted by Gasteiger charge is -2.09. The Kier molecular flexibility index (Phi) is 5.93. The molecule has 0 radical (unpaired) electrons. The molecule has 0 aliphatic carbocycles. The van der Waals surface area contributed by atoms with E-state index in [1.54, 1.807) is 0 Å². The first-order chi connectivity index (χ1) is 12.3. The molecule has 26 heavy (non-hydrogen) atoms. The second-order valence-electron chi connectivity index (χ2n) is 4.95. The maximum atomic E-state index is 13.2. The minimum Gasteiger partial charge on any atom is -0.497 e. The van der Waals surface area contributed by atoms with Crippen LogP contribution in [0.25, 0.3) is 0 Å². The fourth-order valence-electron chi connectivity index (χ4n) is 1.96. The van der Waals surface area contributed by atoms with Gasteiger partial charge in [-0.25, -0.2) is 22.0 Å². The minimum absolute atomic E-state index is 0.0511. The third kappa shape index (κ3) is 4.17. The van der Waals surface area contributed by atoms with Crippen LogP contribution in [0.3, 0.4) is 0 Å². The molecule has 0 saturated heterocycles. The van der Waals surface area contributed by atoms with Crippen molar-refractivity contribution in [1.29, 1.82) is 0 Å². The molecule has 0 amide bonds. The van der Waals surface area contributed by atoms with E-state index in [2.05, 4.69) is 10.1 Å². The third-order valence-corrected chi connectivity index (χ3v) is 5.09. The van der Waals surface area contributed by atoms with E-state index < -0.39 is 32.3 Å². The number of methoxy groups -OCH3 is 2. The minimum atomic E-state index is -4.23. The number of sulfone groups is 1. The molecule has 0 fully saturated rings. The van der Waals surface area contributed by atoms with Gasteiger partial charge in [0.1, 0.15) is 5.75 Å². The van der Waals surface area contributed by atoms with Gasteiger partial charge in [-0.3, -0.25) is 0 Å². The van der Waals surface area contributed by atoms with Crippen molar-refractivity contribution >= 4 is 21.5 Å². The van der Waals surface area contributed by atoms with E-state index in [0.29, 0.717) is 5.75 Å². The first-order valence-corrected chi connectivity index (χ1v) is 8.67. The van der Waals surface area contributed by atoms with Gasteiger partial charge in [-0.05, 0) is 36.4 Å². The summed E-state index contributed by atoms with van der Waals surface area (Å²) in [6.45, 7) is 0. The van der Waals surface area contributed by atoms with Crippen molar-refractivity contribution in [3.05, 3.63) is 65.2 Å². The van der Waals surface area contributed by atoms with Gasteiger partial charge < -0.3 is 14.8 Å². The van der Waals surface area contributed by atoms with Crippen LogP contribution >= 0.6 is 0 Å². The van der Waals surface area contributed by atoms with Gasteiger partial charge in [0.05, 0.1) is 19.1 Å². The SMILES string of the molecule is COC(=O)C(=CNc1ccc(F)c(F)c1)S(=O)(=O)c1ccc(OC)cc1. The van der Waals surface area contributed by atoms with Crippen molar-refractivity contribution in [1.82, 2.24) is 0 Å². The van der Waals surface area contributed by atoms with Crippen LogP contribution < -0.4 is 10.1 Å². The molecule has 0 saturated carbocycles. The van der Waals surface area contributed by atoms with E-state index in [1.807, 2.05) is 0 Å². The molecular formula is C17H15F2NO5S. The molecule has 0 aromatic heterocycles. The number of benzene rings is 2. The van der Waals surface area contributed by atoms with Crippen molar-refractivity contribution in [2.24, 2.45) is 0 Å². The molecule has 0 atom stereocenters. The normalized spacial score (nSPS) is 11.8. The van der Waals surface area contributed by atoms with Gasteiger partial charge >= 0.3 is 5.97 Å². The zero-order valence-corrected chi connectivity index (χ0v) is 14.6. The Bertz CT molecular complexity index is 940. The summed E-state index contributed by atoms with van der Waals surface area (Å²) in [6.07, 6.45) is 0.859. The highest BCUT2D eigenvalue weighted by molar-refractivity contribution is 7.96. The molecule has 9 heteroatoms. The molecule has 0 aliphatic rings. The number of esters is 1. The largest absolute Gasteiger partial charge is 0.497 e. The number of hydrogen-bond donors (Lipinski definition) is 1. The lowest BCUT2D eigenvalue weighted by Crippen LogP contribution is -2.17. The molecule has 0 spiro atoms. The molecule has 0 unspecified atom stereocenters. The Morgan fingerprint density at radius 2 is 1.69 bits per heavy atom. The quantitative estimate of drug-likeness (QED) is 0.610. The summed E-state index contributed by atoms with van der Waals surface area (Å²) in [5.41, 5.74) is 0.0511. The first-order valence-electron chi connectivity index (χ1n) is 7.19. The van der Waals surface area contributed by atoms with Crippen LogP contribution in [-0.2, 0) is 19.4 Å². The monoisotopic (exact) mass is 383 g/mol. The summed E-state index contributed by atoms with van der Waals surface area (Å²) >= 11 is 0. The maximum Gasteiger partial charge on any atom is 0.351 e. The van der Waals surface area contributed by atoms with Gasteiger partial charge in [0.15, 0.2) is 16.5 Å². The summed E-state index contributed by atoms with van der Waals surface area (Å²) in [4.78, 5) is 11.1. The van der Waals surface area contributed by atoms with Crippen molar-refractivity contribution in [2.45, 2.75) is 4.90 Å². The average Bonchev–Trinajstić information content (AvgIpc) is 2.64. The van der Waals surface area contributed by atoms with Crippen molar-refractivity contribution in [2.75, 3.05) is 19.5 Å². The van der Waals surface area contributed by atoms with E-state index in [0.717, 1.165) is 25.4 Å². The number of nitrogens with one attached hydrogen (secondary N) is 1. The zero-order chi connectivity index (χ0) is 19.3. The van der Waals surface area contributed by atoms with Gasteiger partial charge in [-0.2, -0.15) is 0 Å². The number of ether oxygens (including phenoxy) is 2. The summed E-state index contributed by atoms with van der Waals surface area (Å²) in [5, 5.41) is 2.45. The fourth-order valence-corrected chi connectivity index (χ4v) is 3.23. The molecule has 138 valence electrons. The smallest absolute Gasteiger partial charge is 0.351 e. The van der Waals surface area contributed by atoms with Gasteiger partial charge in [-0.15, -0.1) is 0 Å². The van der Waals surface area contributed by atoms with Gasteiger partial charge in [-0.1, -0.05) is 0 Å². The van der Waals surface area contributed by atoms with Crippen LogP contribution in [0.2, 0.25) is 0 Å². The topological polar surface area (TPSA) is 81.7 Å². The lowest BCUT2D eigenvalue weighted by atomic mass is 10.3. The van der Waals surface area contributed by atoms with E-state index in [1.165, 1.54) is 37.4 Å². The number of carbonyl (C=O) groups excluding carboxylic acids is 1. The molecule has 0 heterocycles. The summed E-state index contributed by atoms with van der Waals surface area (Å²) in [7, 11) is -1.77. The van der Waals surface area contributed by atoms with E-state index in [-0.39, 0.29) is 10.6 Å². The third-order valence-electron chi connectivity index (χ3n) is 3.34. The van der Waals surface area contributed by atoms with Crippen LogP contribution in [-0.4, -0.2) is 28.6 Å². The Labute approximate surface area is 149 Å². The van der Waals surface area contributed by atoms with E-state index in [9.17, 15) is 22.0 Å². The van der Waals surface area contributed by atoms with Crippen molar-refractivity contribution < 1.29 is 31.5 Å². The predicted molar refractivity (Wildman–Crippen MR) is 90.3 cm³/mol. The highest BCUT2D eigenvalue weighted by Gasteiger charge is 2.28. The second-order valence-corrected chi connectivity index (χ2v) is 6.87. The number of carbonyl (C=O) groups is 1. The zero-order valence-electron chi connectivity index (χ0n) is 13.8. The summed E-state index contributed by atoms with van der Waals surface area (Å²) in [5.74, 6) is -2.86. The number of rotatable bonds is 6. The van der Waals surface area contributed by atoms with Gasteiger partial charge in [0.25, 0.3) is 0 Å². The van der Waals surface area contributed by atoms with Crippen LogP contribution in [0.1, 0.15) is 0 Å². The van der Waals surface area contributed by atoms with E-state index in [4.69, 9.17) is 4.74 Å². The fraction of sp³-hybridized carbons (Fsp3) is 0.118. The molecule has 1 N–H and O–H groups in total. The van der Waals surface area contributed by atoms with Crippen LogP contribution in [0.4, 0.5) is 14.5 Å². The Morgan fingerprint density at radius 1 is 1.04 bits per heavy atom. The highest BCUT2D eigenvalue weighted by atomic mass is 32.2. The highest BCUT2D eigenvalue weighted by Crippen LogP contribution is 2.23. The van der Waals surface area contributed by atoms with Crippen molar-refractivity contribution in [3.63, 3.8) is 0 Å². The molecule has 2 aromatic rings. The first kappa shape index (κ1) is 19.4. The van der Waals surface area contributed by atoms with Gasteiger partial charge in [0, 0.05) is 18.0 Å². The predicted octanol–water partition coefficient (Wildman–Crippen LogP) is 2.87. The summed E-state index contributed by atoms with van der Waals surface area (Å²) < 4.78 is 61.0. The Morgan fingerprint density at radius 3 is 2.23 bits per heavy atom. The Hall–Kier alpha value is -2.94. The van der Waals surface area contributed by atoms with Crippen LogP contribution in [0, 0.1) is 11.6 Å². The standard InChI is InChI=1S/C17H15F2NO5S/c1-24-12-4-6-13(7-5-12)26(22,23)16(17(21)25-2)10-20-11-3-8-14(18)15(19)9-11/h3-10,20H,1-2H3. The molecule has 6 nitrogen and oxygen atoms in total. The summed E-state index contributed by atoms with van der Waals surface area (Å²) in [6, 6.07) is 8.24. The number of anilines is 1. The number of hydrogen-bond acceptors (Lipinski definition) is 6. The number of halogens is 2. The lowest BCUT2D eigenvalue weighted by molar-refractivity contribution is -0.135. The van der Waals surface area contributed by atoms with Gasteiger partial charge in [0.2, 0.25) is 9.84 Å². The average molecular weight is 383 g/mol. The molecule has 2 aromatic carbocycles. The second kappa shape index (κ2) is 7.96. The van der Waals surface area contributed by atoms with E-state index >= 15 is 0 Å². The molecule has 2 rings (SSSR count). The Balaban J connectivity index is 2.41. The molecule has 0 bridgehead atoms. The molecule has 0 aliphatic heterocycles.